The molecule has 2 aromatic carbocycles. The van der Waals surface area contributed by atoms with Gasteiger partial charge in [-0.15, -0.1) is 0 Å². The van der Waals surface area contributed by atoms with Gasteiger partial charge in [0.15, 0.2) is 0 Å². The third-order valence-corrected chi connectivity index (χ3v) is 6.12. The number of aliphatic hydroxyl groups excluding tert-OH is 4. The fourth-order valence-electron chi connectivity index (χ4n) is 4.41. The fraction of sp³-hybridized carbons (Fsp3) is 0.500. The number of anilines is 1. The van der Waals surface area contributed by atoms with Crippen molar-refractivity contribution in [1.82, 2.24) is 0 Å². The van der Waals surface area contributed by atoms with Crippen molar-refractivity contribution in [1.29, 1.82) is 0 Å². The number of aliphatic hydroxyl groups is 4. The van der Waals surface area contributed by atoms with Crippen LogP contribution in [0, 0.1) is 0 Å². The monoisotopic (exact) mass is 429 g/mol. The van der Waals surface area contributed by atoms with Crippen molar-refractivity contribution in [3.63, 3.8) is 0 Å². The van der Waals surface area contributed by atoms with E-state index < -0.39 is 37.1 Å². The first-order chi connectivity index (χ1) is 14.9. The fourth-order valence-corrected chi connectivity index (χ4v) is 4.41. The standard InChI is InChI=1S/C24H31NO6/c1-13(2)17-5-4-15(24-23(29)22(28)21(27)20(12-26)31-24)11-16(17)9-14-3-6-19-18(10-14)25-7-8-30-19/h3-6,10-11,13,20-29H,7-9,12H2,1-2H3/t20-,21-,22+,23-,24?/m1/s1. The van der Waals surface area contributed by atoms with Crippen molar-refractivity contribution in [2.75, 3.05) is 25.1 Å². The van der Waals surface area contributed by atoms with E-state index in [9.17, 15) is 20.4 Å². The van der Waals surface area contributed by atoms with Gasteiger partial charge >= 0.3 is 0 Å². The summed E-state index contributed by atoms with van der Waals surface area (Å²) in [5, 5.41) is 43.6. The third-order valence-electron chi connectivity index (χ3n) is 6.12. The molecule has 2 aromatic rings. The first kappa shape index (κ1) is 22.0. The van der Waals surface area contributed by atoms with Gasteiger partial charge in [-0.05, 0) is 46.7 Å². The van der Waals surface area contributed by atoms with Crippen molar-refractivity contribution in [2.24, 2.45) is 0 Å². The highest BCUT2D eigenvalue weighted by Gasteiger charge is 2.44. The summed E-state index contributed by atoms with van der Waals surface area (Å²) in [4.78, 5) is 0. The van der Waals surface area contributed by atoms with Crippen molar-refractivity contribution in [3.8, 4) is 5.75 Å². The summed E-state index contributed by atoms with van der Waals surface area (Å²) >= 11 is 0. The second-order valence-corrected chi connectivity index (χ2v) is 8.64. The molecule has 0 aliphatic carbocycles. The molecule has 1 saturated heterocycles. The van der Waals surface area contributed by atoms with Crippen molar-refractivity contribution in [2.45, 2.75) is 56.7 Å². The zero-order chi connectivity index (χ0) is 22.1. The minimum atomic E-state index is -1.39. The molecular formula is C24H31NO6. The van der Waals surface area contributed by atoms with Crippen LogP contribution in [0.1, 0.15) is 48.1 Å². The minimum absolute atomic E-state index is 0.304. The van der Waals surface area contributed by atoms with Gasteiger partial charge in [0.25, 0.3) is 0 Å². The molecule has 5 atom stereocenters. The molecule has 0 saturated carbocycles. The molecule has 168 valence electrons. The van der Waals surface area contributed by atoms with Crippen LogP contribution in [0.25, 0.3) is 0 Å². The van der Waals surface area contributed by atoms with Crippen LogP contribution >= 0.6 is 0 Å². The summed E-state index contributed by atoms with van der Waals surface area (Å²) in [5.41, 5.74) is 5.11. The van der Waals surface area contributed by atoms with E-state index in [1.807, 2.05) is 24.3 Å². The molecular weight excluding hydrogens is 398 g/mol. The number of ether oxygens (including phenoxy) is 2. The Labute approximate surface area is 182 Å². The summed E-state index contributed by atoms with van der Waals surface area (Å²) in [5.74, 6) is 1.16. The van der Waals surface area contributed by atoms with Gasteiger partial charge in [0.05, 0.1) is 12.3 Å². The summed E-state index contributed by atoms with van der Waals surface area (Å²) in [6.07, 6.45) is -5.13. The SMILES string of the molecule is CC(C)c1ccc(C2O[C@H](CO)[C@@H](O)[C@H](O)[C@H]2O)cc1Cc1ccc2c(c1)NCCO2. The van der Waals surface area contributed by atoms with E-state index >= 15 is 0 Å². The number of nitrogens with one attached hydrogen (secondary N) is 1. The van der Waals surface area contributed by atoms with Crippen LogP contribution in [0.2, 0.25) is 0 Å². The predicted molar refractivity (Wildman–Crippen MR) is 116 cm³/mol. The molecule has 4 rings (SSSR count). The maximum atomic E-state index is 10.5. The molecule has 0 aromatic heterocycles. The topological polar surface area (TPSA) is 111 Å². The second-order valence-electron chi connectivity index (χ2n) is 8.64. The summed E-state index contributed by atoms with van der Waals surface area (Å²) in [6.45, 7) is 5.26. The van der Waals surface area contributed by atoms with Gasteiger partial charge in [-0.25, -0.2) is 0 Å². The zero-order valence-corrected chi connectivity index (χ0v) is 17.9. The molecule has 0 radical (unpaired) electrons. The average Bonchev–Trinajstić information content (AvgIpc) is 2.77. The maximum absolute atomic E-state index is 10.5. The van der Waals surface area contributed by atoms with Gasteiger partial charge in [-0.1, -0.05) is 38.1 Å². The van der Waals surface area contributed by atoms with Gasteiger partial charge in [-0.2, -0.15) is 0 Å². The molecule has 0 spiro atoms. The van der Waals surface area contributed by atoms with E-state index in [0.29, 0.717) is 24.5 Å². The molecule has 7 nitrogen and oxygen atoms in total. The smallest absolute Gasteiger partial charge is 0.142 e. The number of hydrogen-bond acceptors (Lipinski definition) is 7. The van der Waals surface area contributed by atoms with Crippen LogP contribution in [0.4, 0.5) is 5.69 Å². The van der Waals surface area contributed by atoms with Crippen LogP contribution < -0.4 is 10.1 Å². The first-order valence-electron chi connectivity index (χ1n) is 10.8. The highest BCUT2D eigenvalue weighted by atomic mass is 16.5. The summed E-state index contributed by atoms with van der Waals surface area (Å²) < 4.78 is 11.4. The number of rotatable bonds is 5. The molecule has 2 heterocycles. The Balaban J connectivity index is 1.65. The third kappa shape index (κ3) is 4.42. The van der Waals surface area contributed by atoms with E-state index in [1.54, 1.807) is 0 Å². The van der Waals surface area contributed by atoms with E-state index in [0.717, 1.165) is 29.1 Å². The summed E-state index contributed by atoms with van der Waals surface area (Å²) in [6, 6.07) is 12.0. The van der Waals surface area contributed by atoms with Crippen LogP contribution in [-0.4, -0.2) is 64.6 Å². The Morgan fingerprint density at radius 3 is 2.58 bits per heavy atom. The number of hydrogen-bond donors (Lipinski definition) is 5. The van der Waals surface area contributed by atoms with Crippen molar-refractivity contribution >= 4 is 5.69 Å². The summed E-state index contributed by atoms with van der Waals surface area (Å²) in [7, 11) is 0. The minimum Gasteiger partial charge on any atom is -0.490 e. The van der Waals surface area contributed by atoms with E-state index in [1.165, 1.54) is 5.56 Å². The lowest BCUT2D eigenvalue weighted by molar-refractivity contribution is -0.231. The van der Waals surface area contributed by atoms with Crippen LogP contribution in [0.5, 0.6) is 5.75 Å². The lowest BCUT2D eigenvalue weighted by atomic mass is 9.86. The molecule has 0 bridgehead atoms. The average molecular weight is 430 g/mol. The highest BCUT2D eigenvalue weighted by molar-refractivity contribution is 5.60. The molecule has 5 N–H and O–H groups in total. The van der Waals surface area contributed by atoms with E-state index in [-0.39, 0.29) is 0 Å². The maximum Gasteiger partial charge on any atom is 0.142 e. The largest absolute Gasteiger partial charge is 0.490 e. The quantitative estimate of drug-likeness (QED) is 0.492. The van der Waals surface area contributed by atoms with Gasteiger partial charge in [-0.3, -0.25) is 0 Å². The lowest BCUT2D eigenvalue weighted by Crippen LogP contribution is -2.55. The molecule has 31 heavy (non-hydrogen) atoms. The van der Waals surface area contributed by atoms with Gasteiger partial charge in [0.1, 0.15) is 42.9 Å². The zero-order valence-electron chi connectivity index (χ0n) is 17.9. The molecule has 2 aliphatic heterocycles. The van der Waals surface area contributed by atoms with Crippen LogP contribution in [-0.2, 0) is 11.2 Å². The Morgan fingerprint density at radius 2 is 1.84 bits per heavy atom. The molecule has 7 heteroatoms. The Hall–Kier alpha value is -2.16. The van der Waals surface area contributed by atoms with Gasteiger partial charge in [0, 0.05) is 6.54 Å². The molecule has 1 fully saturated rings. The molecule has 0 amide bonds. The lowest BCUT2D eigenvalue weighted by Gasteiger charge is -2.40. The van der Waals surface area contributed by atoms with E-state index in [2.05, 4.69) is 31.3 Å². The molecule has 1 unspecified atom stereocenters. The number of fused-ring (bicyclic) bond motifs is 1. The van der Waals surface area contributed by atoms with E-state index in [4.69, 9.17) is 9.47 Å². The first-order valence-corrected chi connectivity index (χ1v) is 10.8. The Morgan fingerprint density at radius 1 is 1.03 bits per heavy atom. The van der Waals surface area contributed by atoms with Crippen LogP contribution in [0.3, 0.4) is 0 Å². The highest BCUT2D eigenvalue weighted by Crippen LogP contribution is 2.35. The Kier molecular flexibility index (Phi) is 6.50. The second kappa shape index (κ2) is 9.14. The van der Waals surface area contributed by atoms with Crippen LogP contribution in [0.15, 0.2) is 36.4 Å². The van der Waals surface area contributed by atoms with Gasteiger partial charge < -0.3 is 35.2 Å². The Bertz CT molecular complexity index is 915. The van der Waals surface area contributed by atoms with Gasteiger partial charge in [0.2, 0.25) is 0 Å². The number of benzene rings is 2. The normalized spacial score (nSPS) is 28.0. The predicted octanol–water partition coefficient (Wildman–Crippen LogP) is 1.72. The molecule has 2 aliphatic rings. The van der Waals surface area contributed by atoms with Crippen molar-refractivity contribution < 1.29 is 29.9 Å². The van der Waals surface area contributed by atoms with Crippen molar-refractivity contribution in [3.05, 3.63) is 58.7 Å².